The number of rotatable bonds is 2. The molecular weight excluding hydrogens is 235 g/mol. The summed E-state index contributed by atoms with van der Waals surface area (Å²) < 4.78 is 18.0. The van der Waals surface area contributed by atoms with Crippen LogP contribution in [0.2, 0.25) is 0 Å². The summed E-state index contributed by atoms with van der Waals surface area (Å²) in [6.07, 6.45) is -0.498. The number of para-hydroxylation sites is 1. The van der Waals surface area contributed by atoms with Gasteiger partial charge in [-0.15, -0.1) is 0 Å². The first-order chi connectivity index (χ1) is 8.67. The highest BCUT2D eigenvalue weighted by Gasteiger charge is 2.27. The number of benzene rings is 1. The molecule has 0 aliphatic carbocycles. The summed E-state index contributed by atoms with van der Waals surface area (Å²) in [5.41, 5.74) is 1.16. The molecule has 1 heterocycles. The maximum Gasteiger partial charge on any atom is 0.340 e. The lowest BCUT2D eigenvalue weighted by Crippen LogP contribution is -2.24. The summed E-state index contributed by atoms with van der Waals surface area (Å²) in [7, 11) is 1.28. The van der Waals surface area contributed by atoms with Gasteiger partial charge >= 0.3 is 5.97 Å². The van der Waals surface area contributed by atoms with Crippen molar-refractivity contribution in [2.45, 2.75) is 12.6 Å². The normalized spacial score (nSPS) is 18.5. The van der Waals surface area contributed by atoms with Crippen LogP contribution in [0.15, 0.2) is 18.2 Å². The Morgan fingerprint density at radius 3 is 2.94 bits per heavy atom. The highest BCUT2D eigenvalue weighted by Crippen LogP contribution is 2.29. The lowest BCUT2D eigenvalue weighted by atomic mass is 10.1. The predicted octanol–water partition coefficient (Wildman–Crippen LogP) is 1.89. The number of carbonyl (C=O) groups excluding carboxylic acids is 1. The molecule has 0 amide bonds. The molecule has 18 heavy (non-hydrogen) atoms. The number of halogens is 1. The van der Waals surface area contributed by atoms with Gasteiger partial charge in [0.25, 0.3) is 0 Å². The molecule has 1 atom stereocenters. The molecule has 0 saturated carbocycles. The first kappa shape index (κ1) is 12.4. The van der Waals surface area contributed by atoms with E-state index >= 15 is 0 Å². The van der Waals surface area contributed by atoms with Crippen molar-refractivity contribution in [3.8, 4) is 6.07 Å². The van der Waals surface area contributed by atoms with Crippen molar-refractivity contribution in [2.75, 3.05) is 25.1 Å². The summed E-state index contributed by atoms with van der Waals surface area (Å²) in [5, 5.41) is 9.10. The number of ether oxygens (including phenoxy) is 1. The third-order valence-corrected chi connectivity index (χ3v) is 3.01. The number of esters is 1. The van der Waals surface area contributed by atoms with E-state index in [-0.39, 0.29) is 6.54 Å². The summed E-state index contributed by atoms with van der Waals surface area (Å²) >= 11 is 0. The van der Waals surface area contributed by atoms with Crippen LogP contribution in [-0.2, 0) is 4.74 Å². The van der Waals surface area contributed by atoms with Crippen LogP contribution in [0.4, 0.5) is 10.1 Å². The third kappa shape index (κ3) is 2.14. The van der Waals surface area contributed by atoms with Gasteiger partial charge in [-0.1, -0.05) is 6.07 Å². The Labute approximate surface area is 105 Å². The van der Waals surface area contributed by atoms with Crippen LogP contribution in [0.25, 0.3) is 0 Å². The second-order valence-electron chi connectivity index (χ2n) is 4.14. The predicted molar refractivity (Wildman–Crippen MR) is 64.2 cm³/mol. The standard InChI is InChI=1S/C13H13FN2O2/c1-18-13(17)11-4-2-3-9(7-15)12(11)16-6-5-10(14)8-16/h2-4,10H,5-6,8H2,1H3/t10-/m0/s1. The van der Waals surface area contributed by atoms with Crippen LogP contribution in [0.1, 0.15) is 22.3 Å². The molecule has 0 bridgehead atoms. The Balaban J connectivity index is 2.48. The number of methoxy groups -OCH3 is 1. The Morgan fingerprint density at radius 1 is 1.61 bits per heavy atom. The minimum atomic E-state index is -0.915. The molecule has 1 aliphatic rings. The molecule has 4 nitrogen and oxygen atoms in total. The number of alkyl halides is 1. The van der Waals surface area contributed by atoms with Gasteiger partial charge in [0, 0.05) is 13.1 Å². The Hall–Kier alpha value is -2.09. The first-order valence-corrected chi connectivity index (χ1v) is 5.67. The minimum Gasteiger partial charge on any atom is -0.465 e. The van der Waals surface area contributed by atoms with Crippen LogP contribution in [0.3, 0.4) is 0 Å². The minimum absolute atomic E-state index is 0.211. The maximum absolute atomic E-state index is 13.3. The van der Waals surface area contributed by atoms with Crippen molar-refractivity contribution < 1.29 is 13.9 Å². The van der Waals surface area contributed by atoms with E-state index in [1.807, 2.05) is 6.07 Å². The van der Waals surface area contributed by atoms with Gasteiger partial charge in [-0.05, 0) is 18.6 Å². The Kier molecular flexibility index (Phi) is 3.47. The lowest BCUT2D eigenvalue weighted by molar-refractivity contribution is 0.0601. The van der Waals surface area contributed by atoms with Crippen molar-refractivity contribution in [3.05, 3.63) is 29.3 Å². The summed E-state index contributed by atoms with van der Waals surface area (Å²) in [5.74, 6) is -0.510. The largest absolute Gasteiger partial charge is 0.465 e. The fourth-order valence-corrected chi connectivity index (χ4v) is 2.17. The first-order valence-electron chi connectivity index (χ1n) is 5.67. The number of carbonyl (C=O) groups is 1. The SMILES string of the molecule is COC(=O)c1cccc(C#N)c1N1CC[C@H](F)C1. The van der Waals surface area contributed by atoms with Crippen LogP contribution in [0.5, 0.6) is 0 Å². The Morgan fingerprint density at radius 2 is 2.39 bits per heavy atom. The van der Waals surface area contributed by atoms with Crippen LogP contribution < -0.4 is 4.90 Å². The molecule has 0 N–H and O–H groups in total. The summed E-state index contributed by atoms with van der Waals surface area (Å²) in [6.45, 7) is 0.715. The van der Waals surface area contributed by atoms with Gasteiger partial charge in [0.15, 0.2) is 0 Å². The van der Waals surface area contributed by atoms with Crippen molar-refractivity contribution in [1.29, 1.82) is 5.26 Å². The molecule has 1 saturated heterocycles. The third-order valence-electron chi connectivity index (χ3n) is 3.01. The molecule has 0 aromatic heterocycles. The van der Waals surface area contributed by atoms with Crippen molar-refractivity contribution in [2.24, 2.45) is 0 Å². The fourth-order valence-electron chi connectivity index (χ4n) is 2.17. The van der Waals surface area contributed by atoms with Gasteiger partial charge in [0.2, 0.25) is 0 Å². The highest BCUT2D eigenvalue weighted by atomic mass is 19.1. The second kappa shape index (κ2) is 5.05. The van der Waals surface area contributed by atoms with Gasteiger partial charge in [-0.3, -0.25) is 0 Å². The quantitative estimate of drug-likeness (QED) is 0.750. The summed E-state index contributed by atoms with van der Waals surface area (Å²) in [4.78, 5) is 13.4. The number of nitriles is 1. The van der Waals surface area contributed by atoms with E-state index in [0.29, 0.717) is 29.8 Å². The average molecular weight is 248 g/mol. The van der Waals surface area contributed by atoms with Gasteiger partial charge < -0.3 is 9.64 Å². The fraction of sp³-hybridized carbons (Fsp3) is 0.385. The van der Waals surface area contributed by atoms with Gasteiger partial charge in [-0.2, -0.15) is 5.26 Å². The molecule has 1 aromatic carbocycles. The van der Waals surface area contributed by atoms with Gasteiger partial charge in [-0.25, -0.2) is 9.18 Å². The molecule has 1 aliphatic heterocycles. The van der Waals surface area contributed by atoms with E-state index in [4.69, 9.17) is 10.00 Å². The molecule has 0 unspecified atom stereocenters. The van der Waals surface area contributed by atoms with Crippen LogP contribution in [0, 0.1) is 11.3 Å². The van der Waals surface area contributed by atoms with E-state index in [1.54, 1.807) is 23.1 Å². The van der Waals surface area contributed by atoms with Gasteiger partial charge in [0.1, 0.15) is 12.2 Å². The van der Waals surface area contributed by atoms with E-state index in [9.17, 15) is 9.18 Å². The molecule has 1 fully saturated rings. The number of anilines is 1. The number of nitrogens with zero attached hydrogens (tertiary/aromatic N) is 2. The van der Waals surface area contributed by atoms with Crippen LogP contribution in [-0.4, -0.2) is 32.3 Å². The molecular formula is C13H13FN2O2. The molecule has 2 rings (SSSR count). The molecule has 0 spiro atoms. The van der Waals surface area contributed by atoms with E-state index in [0.717, 1.165) is 0 Å². The monoisotopic (exact) mass is 248 g/mol. The van der Waals surface area contributed by atoms with E-state index < -0.39 is 12.1 Å². The average Bonchev–Trinajstić information content (AvgIpc) is 2.83. The van der Waals surface area contributed by atoms with Crippen molar-refractivity contribution in [1.82, 2.24) is 0 Å². The van der Waals surface area contributed by atoms with E-state index in [1.165, 1.54) is 7.11 Å². The smallest absolute Gasteiger partial charge is 0.340 e. The highest BCUT2D eigenvalue weighted by molar-refractivity contribution is 5.97. The van der Waals surface area contributed by atoms with Crippen molar-refractivity contribution >= 4 is 11.7 Å². The summed E-state index contributed by atoms with van der Waals surface area (Å²) in [6, 6.07) is 6.87. The van der Waals surface area contributed by atoms with E-state index in [2.05, 4.69) is 0 Å². The number of hydrogen-bond acceptors (Lipinski definition) is 4. The molecule has 5 heteroatoms. The second-order valence-corrected chi connectivity index (χ2v) is 4.14. The van der Waals surface area contributed by atoms with Crippen molar-refractivity contribution in [3.63, 3.8) is 0 Å². The maximum atomic E-state index is 13.3. The van der Waals surface area contributed by atoms with Gasteiger partial charge in [0.05, 0.1) is 23.9 Å². The Bertz CT molecular complexity index is 510. The topological polar surface area (TPSA) is 53.3 Å². The molecule has 94 valence electrons. The molecule has 0 radical (unpaired) electrons. The zero-order valence-electron chi connectivity index (χ0n) is 10.0. The zero-order valence-corrected chi connectivity index (χ0v) is 10.0. The molecule has 1 aromatic rings. The zero-order chi connectivity index (χ0) is 13.1. The number of hydrogen-bond donors (Lipinski definition) is 0. The lowest BCUT2D eigenvalue weighted by Gasteiger charge is -2.21. The van der Waals surface area contributed by atoms with Crippen LogP contribution >= 0.6 is 0 Å².